The molecule has 0 aromatic rings. The molecule has 0 heterocycles. The number of halogens is 1. The standard InChI is InChI=1S/C11H27BrGe2O/c1-13(2,3)15-14(4,5)11-9-7-6-8-10-12/h6-11H2,1-5H3. The molecule has 0 rings (SSSR count). The first-order chi connectivity index (χ1) is 6.77. The second kappa shape index (κ2) is 7.78. The predicted molar refractivity (Wildman–Crippen MR) is 79.0 cm³/mol. The van der Waals surface area contributed by atoms with Crippen LogP contribution in [0.4, 0.5) is 0 Å². The zero-order valence-electron chi connectivity index (χ0n) is 11.0. The Bertz CT molecular complexity index is 166. The Morgan fingerprint density at radius 3 is 1.87 bits per heavy atom. The van der Waals surface area contributed by atoms with Crippen LogP contribution in [0.1, 0.15) is 25.7 Å². The van der Waals surface area contributed by atoms with Gasteiger partial charge in [0.15, 0.2) is 0 Å². The molecule has 0 fully saturated rings. The average Bonchev–Trinajstić information content (AvgIpc) is 1.99. The van der Waals surface area contributed by atoms with Crippen molar-refractivity contribution in [3.05, 3.63) is 0 Å². The maximum absolute atomic E-state index is 6.40. The summed E-state index contributed by atoms with van der Waals surface area (Å²) in [5.74, 6) is 11.9. The topological polar surface area (TPSA) is 9.23 Å². The Morgan fingerprint density at radius 1 is 0.867 bits per heavy atom. The first kappa shape index (κ1) is 16.5. The van der Waals surface area contributed by atoms with Crippen molar-refractivity contribution in [1.82, 2.24) is 0 Å². The molecule has 0 saturated carbocycles. The summed E-state index contributed by atoms with van der Waals surface area (Å²) in [5, 5.41) is 2.55. The van der Waals surface area contributed by atoms with E-state index >= 15 is 0 Å². The van der Waals surface area contributed by atoms with E-state index in [-0.39, 0.29) is 0 Å². The summed E-state index contributed by atoms with van der Waals surface area (Å²) in [6, 6.07) is 0. The van der Waals surface area contributed by atoms with Crippen LogP contribution in [0, 0.1) is 0 Å². The summed E-state index contributed by atoms with van der Waals surface area (Å²) >= 11 is -0.117. The monoisotopic (exact) mass is 402 g/mol. The molecule has 0 aliphatic carbocycles. The van der Waals surface area contributed by atoms with Gasteiger partial charge in [0.25, 0.3) is 0 Å². The molecule has 0 spiro atoms. The molecule has 92 valence electrons. The van der Waals surface area contributed by atoms with Crippen LogP contribution in [0.3, 0.4) is 0 Å². The number of hydrogen-bond donors (Lipinski definition) is 0. The van der Waals surface area contributed by atoms with Crippen LogP contribution in [-0.4, -0.2) is 32.5 Å². The Balaban J connectivity index is 3.65. The molecule has 0 aliphatic heterocycles. The van der Waals surface area contributed by atoms with Crippen LogP contribution in [0.5, 0.6) is 0 Å². The molecular formula is C11H27BrGe2O. The van der Waals surface area contributed by atoms with Crippen molar-refractivity contribution in [2.45, 2.75) is 59.7 Å². The summed E-state index contributed by atoms with van der Waals surface area (Å²) < 4.78 is 6.40. The fourth-order valence-electron chi connectivity index (χ4n) is 1.88. The molecule has 0 atom stereocenters. The predicted octanol–water partition coefficient (Wildman–Crippen LogP) is 5.00. The zero-order valence-corrected chi connectivity index (χ0v) is 16.8. The number of alkyl halides is 1. The van der Waals surface area contributed by atoms with Crippen LogP contribution in [-0.2, 0) is 2.79 Å². The number of unbranched alkanes of at least 4 members (excludes halogenated alkanes) is 3. The van der Waals surface area contributed by atoms with Crippen LogP contribution >= 0.6 is 15.9 Å². The Labute approximate surface area is 110 Å². The van der Waals surface area contributed by atoms with E-state index in [1.807, 2.05) is 0 Å². The SMILES string of the molecule is [CH3][Ge]([CH3])([CH3])[O][Ge]([CH3])([CH3])[CH2]CCCCCBr. The summed E-state index contributed by atoms with van der Waals surface area (Å²) in [6.45, 7) is 0. The van der Waals surface area contributed by atoms with Crippen molar-refractivity contribution in [3.63, 3.8) is 0 Å². The van der Waals surface area contributed by atoms with Gasteiger partial charge in [-0.1, -0.05) is 0 Å². The van der Waals surface area contributed by atoms with Crippen molar-refractivity contribution in [2.24, 2.45) is 0 Å². The van der Waals surface area contributed by atoms with Crippen molar-refractivity contribution < 1.29 is 2.79 Å². The summed E-state index contributed by atoms with van der Waals surface area (Å²) in [6.07, 6.45) is 5.48. The third kappa shape index (κ3) is 11.8. The first-order valence-electron chi connectivity index (χ1n) is 6.03. The van der Waals surface area contributed by atoms with Crippen LogP contribution in [0.2, 0.25) is 34.0 Å². The van der Waals surface area contributed by atoms with E-state index in [0.29, 0.717) is 0 Å². The van der Waals surface area contributed by atoms with E-state index in [0.717, 1.165) is 5.33 Å². The van der Waals surface area contributed by atoms with Gasteiger partial charge in [-0.25, -0.2) is 0 Å². The molecule has 0 saturated heterocycles. The van der Waals surface area contributed by atoms with Gasteiger partial charge in [0, 0.05) is 0 Å². The van der Waals surface area contributed by atoms with Gasteiger partial charge >= 0.3 is 111 Å². The van der Waals surface area contributed by atoms with Gasteiger partial charge in [-0.15, -0.1) is 0 Å². The van der Waals surface area contributed by atoms with Crippen LogP contribution < -0.4 is 0 Å². The van der Waals surface area contributed by atoms with E-state index in [1.165, 1.54) is 30.9 Å². The second-order valence-electron chi connectivity index (χ2n) is 5.83. The normalized spacial score (nSPS) is 13.2. The van der Waals surface area contributed by atoms with Gasteiger partial charge < -0.3 is 0 Å². The number of hydrogen-bond acceptors (Lipinski definition) is 1. The molecule has 0 N–H and O–H groups in total. The third-order valence-corrected chi connectivity index (χ3v) is 21.2. The average molecular weight is 400 g/mol. The molecule has 0 aliphatic rings. The second-order valence-corrected chi connectivity index (χ2v) is 26.6. The Kier molecular flexibility index (Phi) is 8.57. The van der Waals surface area contributed by atoms with Gasteiger partial charge in [0.05, 0.1) is 0 Å². The van der Waals surface area contributed by atoms with Crippen molar-refractivity contribution in [3.8, 4) is 0 Å². The van der Waals surface area contributed by atoms with Crippen LogP contribution in [0.25, 0.3) is 0 Å². The molecule has 0 unspecified atom stereocenters. The van der Waals surface area contributed by atoms with E-state index < -0.39 is 27.2 Å². The molecule has 0 bridgehead atoms. The molecule has 4 heteroatoms. The third-order valence-electron chi connectivity index (χ3n) is 2.24. The molecular weight excluding hydrogens is 373 g/mol. The van der Waals surface area contributed by atoms with Gasteiger partial charge in [0.2, 0.25) is 0 Å². The van der Waals surface area contributed by atoms with Crippen molar-refractivity contribution in [2.75, 3.05) is 5.33 Å². The molecule has 0 radical (unpaired) electrons. The van der Waals surface area contributed by atoms with Crippen molar-refractivity contribution in [1.29, 1.82) is 0 Å². The summed E-state index contributed by atoms with van der Waals surface area (Å²) in [7, 11) is 0. The van der Waals surface area contributed by atoms with E-state index in [4.69, 9.17) is 2.79 Å². The van der Waals surface area contributed by atoms with E-state index in [1.54, 1.807) is 0 Å². The first-order valence-corrected chi connectivity index (χ1v) is 20.8. The molecule has 0 aromatic carbocycles. The summed E-state index contributed by atoms with van der Waals surface area (Å²) in [4.78, 5) is 0. The van der Waals surface area contributed by atoms with Gasteiger partial charge in [-0.3, -0.25) is 0 Å². The minimum atomic E-state index is -1.83. The van der Waals surface area contributed by atoms with Crippen molar-refractivity contribution >= 4 is 43.1 Å². The van der Waals surface area contributed by atoms with Crippen LogP contribution in [0.15, 0.2) is 0 Å². The van der Waals surface area contributed by atoms with Gasteiger partial charge in [0.1, 0.15) is 0 Å². The molecule has 0 aromatic heterocycles. The fraction of sp³-hybridized carbons (Fsp3) is 1.00. The minimum absolute atomic E-state index is 1.16. The quantitative estimate of drug-likeness (QED) is 0.317. The Morgan fingerprint density at radius 2 is 1.40 bits per heavy atom. The van der Waals surface area contributed by atoms with E-state index in [2.05, 4.69) is 44.7 Å². The summed E-state index contributed by atoms with van der Waals surface area (Å²) in [5.41, 5.74) is 0. The van der Waals surface area contributed by atoms with Gasteiger partial charge in [-0.2, -0.15) is 0 Å². The zero-order chi connectivity index (χ0) is 11.9. The molecule has 15 heavy (non-hydrogen) atoms. The number of rotatable bonds is 8. The van der Waals surface area contributed by atoms with E-state index in [9.17, 15) is 0 Å². The van der Waals surface area contributed by atoms with Gasteiger partial charge in [-0.05, 0) is 0 Å². The molecule has 0 amide bonds. The maximum atomic E-state index is 6.40. The Hall–Kier alpha value is 1.53. The molecule has 1 nitrogen and oxygen atoms in total. The fourth-order valence-corrected chi connectivity index (χ4v) is 27.5.